The minimum Gasteiger partial charge on any atom is -0.0882 e. The predicted molar refractivity (Wildman–Crippen MR) is 41.0 cm³/mol. The zero-order valence-corrected chi connectivity index (χ0v) is 6.30. The van der Waals surface area contributed by atoms with Crippen LogP contribution < -0.4 is 0 Å². The van der Waals surface area contributed by atoms with Crippen molar-refractivity contribution < 1.29 is 0 Å². The Kier molecular flexibility index (Phi) is 2.32. The van der Waals surface area contributed by atoms with E-state index in [-0.39, 0.29) is 0 Å². The standard InChI is InChI=1S/C9H15/c1-3-8(2)9-6-4-5-7-9/h3-4,6,8-9H,5,7H2,1-2H3. The fourth-order valence-electron chi connectivity index (χ4n) is 1.34. The van der Waals surface area contributed by atoms with Gasteiger partial charge in [-0.1, -0.05) is 26.0 Å². The molecule has 0 aromatic carbocycles. The first-order valence-electron chi connectivity index (χ1n) is 3.80. The Balaban J connectivity index is 2.33. The molecule has 0 saturated carbocycles. The normalized spacial score (nSPS) is 28.9. The van der Waals surface area contributed by atoms with Gasteiger partial charge < -0.3 is 0 Å². The second kappa shape index (κ2) is 3.05. The molecule has 0 nitrogen and oxygen atoms in total. The summed E-state index contributed by atoms with van der Waals surface area (Å²) in [6, 6.07) is 0. The molecule has 0 bridgehead atoms. The van der Waals surface area contributed by atoms with Gasteiger partial charge in [-0.25, -0.2) is 0 Å². The van der Waals surface area contributed by atoms with Crippen molar-refractivity contribution >= 4 is 0 Å². The summed E-state index contributed by atoms with van der Waals surface area (Å²) in [6.45, 7) is 4.44. The van der Waals surface area contributed by atoms with Gasteiger partial charge in [0, 0.05) is 0 Å². The van der Waals surface area contributed by atoms with E-state index in [1.165, 1.54) is 12.8 Å². The predicted octanol–water partition coefficient (Wildman–Crippen LogP) is 2.81. The molecular formula is C9H15. The van der Waals surface area contributed by atoms with Gasteiger partial charge in [0.2, 0.25) is 0 Å². The molecule has 0 aromatic heterocycles. The fourth-order valence-corrected chi connectivity index (χ4v) is 1.34. The van der Waals surface area contributed by atoms with Crippen molar-refractivity contribution in [3.05, 3.63) is 18.6 Å². The van der Waals surface area contributed by atoms with Crippen LogP contribution in [0.3, 0.4) is 0 Å². The van der Waals surface area contributed by atoms with Crippen LogP contribution >= 0.6 is 0 Å². The highest BCUT2D eigenvalue weighted by molar-refractivity contribution is 4.99. The van der Waals surface area contributed by atoms with Crippen LogP contribution in [0.15, 0.2) is 12.2 Å². The van der Waals surface area contributed by atoms with Crippen LogP contribution in [0.1, 0.15) is 26.7 Å². The monoisotopic (exact) mass is 123 g/mol. The molecule has 0 aromatic rings. The van der Waals surface area contributed by atoms with Crippen molar-refractivity contribution in [1.29, 1.82) is 0 Å². The largest absolute Gasteiger partial charge is 0.0882 e. The summed E-state index contributed by atoms with van der Waals surface area (Å²) < 4.78 is 0. The van der Waals surface area contributed by atoms with Crippen LogP contribution in [-0.4, -0.2) is 0 Å². The zero-order valence-electron chi connectivity index (χ0n) is 6.30. The number of hydrogen-bond acceptors (Lipinski definition) is 0. The Morgan fingerprint density at radius 2 is 2.44 bits per heavy atom. The smallest absolute Gasteiger partial charge is 0.0202 e. The van der Waals surface area contributed by atoms with Crippen LogP contribution in [0.2, 0.25) is 0 Å². The van der Waals surface area contributed by atoms with E-state index in [2.05, 4.69) is 32.4 Å². The maximum Gasteiger partial charge on any atom is -0.0202 e. The molecule has 0 heteroatoms. The van der Waals surface area contributed by atoms with Crippen molar-refractivity contribution in [3.8, 4) is 0 Å². The van der Waals surface area contributed by atoms with Crippen LogP contribution in [-0.2, 0) is 0 Å². The van der Waals surface area contributed by atoms with E-state index < -0.39 is 0 Å². The molecular weight excluding hydrogens is 108 g/mol. The van der Waals surface area contributed by atoms with Gasteiger partial charge in [0.05, 0.1) is 0 Å². The molecule has 0 amide bonds. The fraction of sp³-hybridized carbons (Fsp3) is 0.667. The molecule has 0 heterocycles. The summed E-state index contributed by atoms with van der Waals surface area (Å²) in [6.07, 6.45) is 9.60. The van der Waals surface area contributed by atoms with E-state index in [0.717, 1.165) is 11.8 Å². The van der Waals surface area contributed by atoms with Gasteiger partial charge in [-0.2, -0.15) is 0 Å². The average molecular weight is 123 g/mol. The summed E-state index contributed by atoms with van der Waals surface area (Å²) in [5.74, 6) is 1.62. The molecule has 0 saturated heterocycles. The van der Waals surface area contributed by atoms with E-state index >= 15 is 0 Å². The molecule has 0 spiro atoms. The van der Waals surface area contributed by atoms with Crippen LogP contribution in [0, 0.1) is 18.3 Å². The lowest BCUT2D eigenvalue weighted by molar-refractivity contribution is 0.476. The van der Waals surface area contributed by atoms with Gasteiger partial charge in [-0.05, 0) is 31.1 Å². The van der Waals surface area contributed by atoms with E-state index in [4.69, 9.17) is 0 Å². The van der Waals surface area contributed by atoms with Gasteiger partial charge in [0.25, 0.3) is 0 Å². The highest BCUT2D eigenvalue weighted by Crippen LogP contribution is 2.26. The van der Waals surface area contributed by atoms with Crippen molar-refractivity contribution in [2.45, 2.75) is 26.7 Å². The maximum absolute atomic E-state index is 2.35. The quantitative estimate of drug-likeness (QED) is 0.495. The zero-order chi connectivity index (χ0) is 6.69. The Morgan fingerprint density at radius 3 is 2.89 bits per heavy atom. The Bertz CT molecular complexity index is 103. The average Bonchev–Trinajstić information content (AvgIpc) is 2.37. The van der Waals surface area contributed by atoms with Crippen LogP contribution in [0.5, 0.6) is 0 Å². The molecule has 0 N–H and O–H groups in total. The van der Waals surface area contributed by atoms with Gasteiger partial charge in [0.1, 0.15) is 0 Å². The molecule has 1 rings (SSSR count). The summed E-state index contributed by atoms with van der Waals surface area (Å²) in [5, 5.41) is 0. The third kappa shape index (κ3) is 1.57. The molecule has 2 atom stereocenters. The molecule has 51 valence electrons. The van der Waals surface area contributed by atoms with Crippen molar-refractivity contribution in [3.63, 3.8) is 0 Å². The lowest BCUT2D eigenvalue weighted by Crippen LogP contribution is -2.04. The summed E-state index contributed by atoms with van der Waals surface area (Å²) in [4.78, 5) is 0. The van der Waals surface area contributed by atoms with E-state index in [1.807, 2.05) is 0 Å². The van der Waals surface area contributed by atoms with Gasteiger partial charge in [-0.15, -0.1) is 0 Å². The first-order valence-corrected chi connectivity index (χ1v) is 3.80. The van der Waals surface area contributed by atoms with Crippen molar-refractivity contribution in [1.82, 2.24) is 0 Å². The SMILES string of the molecule is C[CH]C(C)C1C=CCC1. The van der Waals surface area contributed by atoms with Crippen molar-refractivity contribution in [2.24, 2.45) is 11.8 Å². The first kappa shape index (κ1) is 6.85. The summed E-state index contributed by atoms with van der Waals surface area (Å²) >= 11 is 0. The third-order valence-electron chi connectivity index (χ3n) is 2.25. The van der Waals surface area contributed by atoms with Gasteiger partial charge in [0.15, 0.2) is 0 Å². The minimum atomic E-state index is 0.781. The maximum atomic E-state index is 2.35. The van der Waals surface area contributed by atoms with Crippen molar-refractivity contribution in [2.75, 3.05) is 0 Å². The first-order chi connectivity index (χ1) is 4.34. The Labute approximate surface area is 58.0 Å². The van der Waals surface area contributed by atoms with Crippen LogP contribution in [0.4, 0.5) is 0 Å². The molecule has 1 aliphatic carbocycles. The number of rotatable bonds is 2. The lowest BCUT2D eigenvalue weighted by atomic mass is 9.92. The lowest BCUT2D eigenvalue weighted by Gasteiger charge is -2.13. The van der Waals surface area contributed by atoms with E-state index in [9.17, 15) is 0 Å². The summed E-state index contributed by atoms with van der Waals surface area (Å²) in [5.41, 5.74) is 0. The molecule has 2 unspecified atom stereocenters. The topological polar surface area (TPSA) is 0 Å². The highest BCUT2D eigenvalue weighted by atomic mass is 14.2. The third-order valence-corrected chi connectivity index (χ3v) is 2.25. The molecule has 1 radical (unpaired) electrons. The number of hydrogen-bond donors (Lipinski definition) is 0. The second-order valence-electron chi connectivity index (χ2n) is 2.86. The van der Waals surface area contributed by atoms with E-state index in [1.54, 1.807) is 0 Å². The molecule has 1 aliphatic rings. The summed E-state index contributed by atoms with van der Waals surface area (Å²) in [7, 11) is 0. The van der Waals surface area contributed by atoms with Gasteiger partial charge >= 0.3 is 0 Å². The minimum absolute atomic E-state index is 0.781. The van der Waals surface area contributed by atoms with E-state index in [0.29, 0.717) is 0 Å². The van der Waals surface area contributed by atoms with Crippen LogP contribution in [0.25, 0.3) is 0 Å². The number of allylic oxidation sites excluding steroid dienone is 2. The van der Waals surface area contributed by atoms with Gasteiger partial charge in [-0.3, -0.25) is 0 Å². The highest BCUT2D eigenvalue weighted by Gasteiger charge is 2.14. The molecule has 0 fully saturated rings. The molecule has 0 aliphatic heterocycles. The Hall–Kier alpha value is -0.260. The second-order valence-corrected chi connectivity index (χ2v) is 2.86. The molecule has 9 heavy (non-hydrogen) atoms. The Morgan fingerprint density at radius 1 is 1.67 bits per heavy atom.